The van der Waals surface area contributed by atoms with Gasteiger partial charge in [-0.2, -0.15) is 0 Å². The van der Waals surface area contributed by atoms with Crippen LogP contribution < -0.4 is 4.74 Å². The molecule has 0 amide bonds. The third-order valence-electron chi connectivity index (χ3n) is 2.46. The van der Waals surface area contributed by atoms with Crippen molar-refractivity contribution in [1.82, 2.24) is 5.16 Å². The summed E-state index contributed by atoms with van der Waals surface area (Å²) in [4.78, 5) is 11.5. The summed E-state index contributed by atoms with van der Waals surface area (Å²) in [5, 5.41) is 4.29. The lowest BCUT2D eigenvalue weighted by Gasteiger charge is -2.11. The molecule has 1 aromatic heterocycles. The number of ketones is 1. The van der Waals surface area contributed by atoms with E-state index >= 15 is 0 Å². The van der Waals surface area contributed by atoms with E-state index in [1.54, 1.807) is 25.1 Å². The minimum absolute atomic E-state index is 0.126. The van der Waals surface area contributed by atoms with Crippen LogP contribution in [0.1, 0.15) is 28.7 Å². The molecule has 19 heavy (non-hydrogen) atoms. The number of benzene rings is 1. The van der Waals surface area contributed by atoms with Gasteiger partial charge in [-0.05, 0) is 26.0 Å². The first kappa shape index (κ1) is 13.9. The first-order valence-electron chi connectivity index (χ1n) is 5.53. The van der Waals surface area contributed by atoms with Crippen LogP contribution in [-0.2, 0) is 6.61 Å². The van der Waals surface area contributed by atoms with Gasteiger partial charge in [0, 0.05) is 6.07 Å². The molecule has 0 spiro atoms. The Kier molecular flexibility index (Phi) is 4.12. The van der Waals surface area contributed by atoms with Gasteiger partial charge in [-0.25, -0.2) is 0 Å². The van der Waals surface area contributed by atoms with E-state index in [9.17, 15) is 4.79 Å². The highest BCUT2D eigenvalue weighted by molar-refractivity contribution is 6.43. The monoisotopic (exact) mass is 299 g/mol. The van der Waals surface area contributed by atoms with E-state index < -0.39 is 0 Å². The van der Waals surface area contributed by atoms with Crippen LogP contribution in [0.5, 0.6) is 5.75 Å². The number of nitrogens with zero attached hydrogens (tertiary/aromatic N) is 1. The van der Waals surface area contributed by atoms with Crippen LogP contribution in [-0.4, -0.2) is 10.9 Å². The normalized spacial score (nSPS) is 10.5. The summed E-state index contributed by atoms with van der Waals surface area (Å²) >= 11 is 12.0. The van der Waals surface area contributed by atoms with Gasteiger partial charge in [-0.15, -0.1) is 0 Å². The quantitative estimate of drug-likeness (QED) is 0.799. The number of rotatable bonds is 4. The molecule has 4 nitrogen and oxygen atoms in total. The van der Waals surface area contributed by atoms with Crippen LogP contribution in [0, 0.1) is 6.92 Å². The van der Waals surface area contributed by atoms with Crippen molar-refractivity contribution in [3.63, 3.8) is 0 Å². The van der Waals surface area contributed by atoms with Gasteiger partial charge in [-0.1, -0.05) is 28.4 Å². The number of carbonyl (C=O) groups excluding carboxylic acids is 1. The summed E-state index contributed by atoms with van der Waals surface area (Å²) in [5.74, 6) is 0.654. The number of aryl methyl sites for hydroxylation is 1. The van der Waals surface area contributed by atoms with E-state index in [1.807, 2.05) is 0 Å². The highest BCUT2D eigenvalue weighted by atomic mass is 35.5. The van der Waals surface area contributed by atoms with E-state index in [0.717, 1.165) is 5.69 Å². The molecule has 0 radical (unpaired) electrons. The number of halogens is 2. The summed E-state index contributed by atoms with van der Waals surface area (Å²) in [6.45, 7) is 3.37. The minimum Gasteiger partial charge on any atom is -0.483 e. The Morgan fingerprint density at radius 2 is 2.16 bits per heavy atom. The van der Waals surface area contributed by atoms with Crippen LogP contribution in [0.2, 0.25) is 10.0 Å². The van der Waals surface area contributed by atoms with Crippen molar-refractivity contribution in [3.05, 3.63) is 45.3 Å². The number of aromatic nitrogens is 1. The lowest BCUT2D eigenvalue weighted by molar-refractivity contribution is 0.101. The molecule has 100 valence electrons. The zero-order chi connectivity index (χ0) is 14.0. The number of carbonyl (C=O) groups is 1. The van der Waals surface area contributed by atoms with Crippen molar-refractivity contribution in [2.45, 2.75) is 20.5 Å². The maximum absolute atomic E-state index is 11.5. The second-order valence-electron chi connectivity index (χ2n) is 4.02. The summed E-state index contributed by atoms with van der Waals surface area (Å²) in [6.07, 6.45) is 0. The van der Waals surface area contributed by atoms with Crippen LogP contribution in [0.15, 0.2) is 22.7 Å². The number of hydrogen-bond donors (Lipinski definition) is 0. The van der Waals surface area contributed by atoms with Gasteiger partial charge < -0.3 is 9.26 Å². The first-order chi connectivity index (χ1) is 8.99. The molecule has 0 bridgehead atoms. The highest BCUT2D eigenvalue weighted by Gasteiger charge is 2.16. The molecule has 0 unspecified atom stereocenters. The second-order valence-corrected chi connectivity index (χ2v) is 4.80. The molecule has 0 saturated carbocycles. The predicted molar refractivity (Wildman–Crippen MR) is 72.0 cm³/mol. The molecule has 2 rings (SSSR count). The average Bonchev–Trinajstić information content (AvgIpc) is 2.76. The van der Waals surface area contributed by atoms with Gasteiger partial charge in [0.05, 0.1) is 16.3 Å². The molecule has 0 saturated heterocycles. The molecule has 0 fully saturated rings. The van der Waals surface area contributed by atoms with Gasteiger partial charge in [0.25, 0.3) is 0 Å². The molecular weight excluding hydrogens is 289 g/mol. The van der Waals surface area contributed by atoms with Crippen LogP contribution in [0.4, 0.5) is 0 Å². The molecular formula is C13H11Cl2NO3. The Balaban J connectivity index is 2.28. The molecule has 1 aromatic carbocycles. The summed E-state index contributed by atoms with van der Waals surface area (Å²) < 4.78 is 10.6. The SMILES string of the molecule is CC(=O)c1ccc(Cl)c(Cl)c1OCc1cc(C)no1. The Bertz CT molecular complexity index is 622. The molecule has 2 aromatic rings. The number of hydrogen-bond acceptors (Lipinski definition) is 4. The van der Waals surface area contributed by atoms with Crippen molar-refractivity contribution in [3.8, 4) is 5.75 Å². The third kappa shape index (κ3) is 3.08. The van der Waals surface area contributed by atoms with E-state index in [-0.39, 0.29) is 23.2 Å². The summed E-state index contributed by atoms with van der Waals surface area (Å²) in [7, 11) is 0. The fraction of sp³-hybridized carbons (Fsp3) is 0.231. The minimum atomic E-state index is -0.151. The van der Waals surface area contributed by atoms with Crippen molar-refractivity contribution in [1.29, 1.82) is 0 Å². The van der Waals surface area contributed by atoms with Crippen molar-refractivity contribution in [2.75, 3.05) is 0 Å². The van der Waals surface area contributed by atoms with Gasteiger partial charge in [0.1, 0.15) is 11.6 Å². The largest absolute Gasteiger partial charge is 0.483 e. The van der Waals surface area contributed by atoms with E-state index in [2.05, 4.69) is 5.16 Å². The lowest BCUT2D eigenvalue weighted by Crippen LogP contribution is -2.02. The Morgan fingerprint density at radius 3 is 2.74 bits per heavy atom. The molecule has 0 aliphatic carbocycles. The van der Waals surface area contributed by atoms with E-state index in [1.165, 1.54) is 6.92 Å². The van der Waals surface area contributed by atoms with E-state index in [4.69, 9.17) is 32.5 Å². The third-order valence-corrected chi connectivity index (χ3v) is 3.25. The number of Topliss-reactive ketones (excluding diaryl/α,β-unsaturated/α-hetero) is 1. The van der Waals surface area contributed by atoms with Crippen LogP contribution in [0.3, 0.4) is 0 Å². The summed E-state index contributed by atoms with van der Waals surface area (Å²) in [5.41, 5.74) is 1.13. The average molecular weight is 300 g/mol. The fourth-order valence-corrected chi connectivity index (χ4v) is 1.95. The standard InChI is InChI=1S/C13H11Cl2NO3/c1-7-5-9(19-16-7)6-18-13-10(8(2)17)3-4-11(14)12(13)15/h3-5H,6H2,1-2H3. The number of ether oxygens (including phenoxy) is 1. The Hall–Kier alpha value is -1.52. The predicted octanol–water partition coefficient (Wildman–Crippen LogP) is 4.07. The van der Waals surface area contributed by atoms with Crippen molar-refractivity contribution < 1.29 is 14.1 Å². The van der Waals surface area contributed by atoms with Crippen LogP contribution in [0.25, 0.3) is 0 Å². The van der Waals surface area contributed by atoms with E-state index in [0.29, 0.717) is 16.3 Å². The smallest absolute Gasteiger partial charge is 0.174 e. The fourth-order valence-electron chi connectivity index (χ4n) is 1.58. The lowest BCUT2D eigenvalue weighted by atomic mass is 10.1. The Labute approximate surface area is 120 Å². The zero-order valence-corrected chi connectivity index (χ0v) is 11.9. The molecule has 1 heterocycles. The highest BCUT2D eigenvalue weighted by Crippen LogP contribution is 2.36. The Morgan fingerprint density at radius 1 is 1.42 bits per heavy atom. The second kappa shape index (κ2) is 5.63. The maximum Gasteiger partial charge on any atom is 0.174 e. The topological polar surface area (TPSA) is 52.3 Å². The zero-order valence-electron chi connectivity index (χ0n) is 10.4. The maximum atomic E-state index is 11.5. The van der Waals surface area contributed by atoms with Gasteiger partial charge in [0.15, 0.2) is 17.3 Å². The van der Waals surface area contributed by atoms with Gasteiger partial charge in [-0.3, -0.25) is 4.79 Å². The molecule has 0 atom stereocenters. The molecule has 6 heteroatoms. The van der Waals surface area contributed by atoms with Gasteiger partial charge >= 0.3 is 0 Å². The van der Waals surface area contributed by atoms with Gasteiger partial charge in [0.2, 0.25) is 0 Å². The van der Waals surface area contributed by atoms with Crippen LogP contribution >= 0.6 is 23.2 Å². The summed E-state index contributed by atoms with van der Waals surface area (Å²) in [6, 6.07) is 4.88. The van der Waals surface area contributed by atoms with Crippen molar-refractivity contribution in [2.24, 2.45) is 0 Å². The molecule has 0 N–H and O–H groups in total. The first-order valence-corrected chi connectivity index (χ1v) is 6.28. The molecule has 0 aliphatic heterocycles. The molecule has 0 aliphatic rings. The van der Waals surface area contributed by atoms with Crippen molar-refractivity contribution >= 4 is 29.0 Å².